The molecule has 0 bridgehead atoms. The van der Waals surface area contributed by atoms with Crippen molar-refractivity contribution in [1.29, 1.82) is 0 Å². The van der Waals surface area contributed by atoms with Gasteiger partial charge in [0.05, 0.1) is 25.4 Å². The van der Waals surface area contributed by atoms with Crippen LogP contribution in [0.1, 0.15) is 232 Å². The molecule has 0 spiro atoms. The Balaban J connectivity index is 2.45. The number of carbonyl (C=O) groups excluding carboxylic acids is 1. The lowest BCUT2D eigenvalue weighted by Gasteiger charge is -2.41. The molecule has 1 aliphatic rings. The molecule has 1 fully saturated rings. The molecular weight excluding hydrogens is 775 g/mol. The average Bonchev–Trinajstić information content (AvgIpc) is 3.20. The Morgan fingerprint density at radius 3 is 1.36 bits per heavy atom. The van der Waals surface area contributed by atoms with Crippen LogP contribution in [0.5, 0.6) is 0 Å². The summed E-state index contributed by atoms with van der Waals surface area (Å²) in [4.78, 5) is 13.1. The highest BCUT2D eigenvalue weighted by molar-refractivity contribution is 7.80. The summed E-state index contributed by atoms with van der Waals surface area (Å²) in [6.45, 7) is 3.47. The summed E-state index contributed by atoms with van der Waals surface area (Å²) >= 11 is 0. The van der Waals surface area contributed by atoms with E-state index in [0.29, 0.717) is 12.8 Å². The molecule has 12 nitrogen and oxygen atoms in total. The molecule has 0 aromatic carbocycles. The molecule has 59 heavy (non-hydrogen) atoms. The van der Waals surface area contributed by atoms with E-state index in [1.807, 2.05) is 0 Å². The van der Waals surface area contributed by atoms with Gasteiger partial charge in [-0.05, 0) is 12.8 Å². The number of aliphatic hydroxyl groups is 4. The molecule has 352 valence electrons. The summed E-state index contributed by atoms with van der Waals surface area (Å²) in [6, 6.07) is -0.851. The Labute approximate surface area is 360 Å². The first-order valence-electron chi connectivity index (χ1n) is 24.4. The number of hydrogen-bond acceptors (Lipinski definition) is 10. The van der Waals surface area contributed by atoms with Gasteiger partial charge in [-0.3, -0.25) is 9.35 Å². The maximum absolute atomic E-state index is 13.1. The highest BCUT2D eigenvalue weighted by Gasteiger charge is 2.48. The van der Waals surface area contributed by atoms with E-state index in [-0.39, 0.29) is 12.5 Å². The van der Waals surface area contributed by atoms with E-state index < -0.39 is 59.9 Å². The van der Waals surface area contributed by atoms with Gasteiger partial charge in [-0.1, -0.05) is 213 Å². The van der Waals surface area contributed by atoms with Gasteiger partial charge in [0.1, 0.15) is 24.4 Å². The van der Waals surface area contributed by atoms with Gasteiger partial charge in [0.2, 0.25) is 5.91 Å². The third kappa shape index (κ3) is 30.7. The number of rotatable bonds is 42. The summed E-state index contributed by atoms with van der Waals surface area (Å²) in [7, 11) is -5.07. The number of nitrogens with one attached hydrogen (secondary N) is 1. The molecule has 6 N–H and O–H groups in total. The SMILES string of the molecule is CCCCCCCCCCCCCCCCCCCCC(=O)NC(COC1OC(CO)C(O)C(OS(=O)(=O)O)C1O)C(O)CCCCCCCCCCCCCCCC. The molecule has 1 amide bonds. The van der Waals surface area contributed by atoms with Gasteiger partial charge in [0, 0.05) is 6.42 Å². The molecular formula is C46H91NO11S. The van der Waals surface area contributed by atoms with E-state index in [2.05, 4.69) is 23.3 Å². The normalized spacial score (nSPS) is 20.8. The lowest BCUT2D eigenvalue weighted by Crippen LogP contribution is -2.61. The molecule has 13 heteroatoms. The third-order valence-corrected chi connectivity index (χ3v) is 12.4. The van der Waals surface area contributed by atoms with E-state index in [0.717, 1.165) is 51.4 Å². The largest absolute Gasteiger partial charge is 0.397 e. The first-order valence-corrected chi connectivity index (χ1v) is 25.8. The zero-order chi connectivity index (χ0) is 43.4. The monoisotopic (exact) mass is 866 g/mol. The van der Waals surface area contributed by atoms with Gasteiger partial charge in [-0.15, -0.1) is 0 Å². The zero-order valence-electron chi connectivity index (χ0n) is 37.6. The Morgan fingerprint density at radius 1 is 0.610 bits per heavy atom. The van der Waals surface area contributed by atoms with Crippen molar-refractivity contribution in [1.82, 2.24) is 5.32 Å². The number of aliphatic hydroxyl groups excluding tert-OH is 4. The Bertz CT molecular complexity index is 1070. The fourth-order valence-corrected chi connectivity index (χ4v) is 8.62. The summed E-state index contributed by atoms with van der Waals surface area (Å²) in [6.07, 6.45) is 31.0. The molecule has 0 saturated carbocycles. The van der Waals surface area contributed by atoms with Crippen molar-refractivity contribution in [2.45, 2.75) is 275 Å². The van der Waals surface area contributed by atoms with E-state index in [1.54, 1.807) is 0 Å². The molecule has 0 radical (unpaired) electrons. The van der Waals surface area contributed by atoms with Crippen molar-refractivity contribution in [3.8, 4) is 0 Å². The Hall–Kier alpha value is -0.900. The second-order valence-electron chi connectivity index (χ2n) is 17.4. The van der Waals surface area contributed by atoms with Crippen molar-refractivity contribution in [2.75, 3.05) is 13.2 Å². The number of ether oxygens (including phenoxy) is 2. The highest BCUT2D eigenvalue weighted by Crippen LogP contribution is 2.26. The summed E-state index contributed by atoms with van der Waals surface area (Å²) in [5.41, 5.74) is 0. The number of carbonyl (C=O) groups is 1. The minimum Gasteiger partial charge on any atom is -0.394 e. The van der Waals surface area contributed by atoms with Crippen molar-refractivity contribution in [3.05, 3.63) is 0 Å². The summed E-state index contributed by atoms with van der Waals surface area (Å²) < 4.78 is 47.7. The van der Waals surface area contributed by atoms with Crippen LogP contribution in [-0.2, 0) is 28.9 Å². The molecule has 0 aliphatic carbocycles. The molecule has 0 aromatic rings. The summed E-state index contributed by atoms with van der Waals surface area (Å²) in [5.74, 6) is -0.226. The predicted octanol–water partition coefficient (Wildman–Crippen LogP) is 9.78. The van der Waals surface area contributed by atoms with Crippen molar-refractivity contribution < 1.29 is 51.8 Å². The molecule has 1 aliphatic heterocycles. The van der Waals surface area contributed by atoms with Crippen LogP contribution in [0.25, 0.3) is 0 Å². The number of amides is 1. The molecule has 1 heterocycles. The zero-order valence-corrected chi connectivity index (χ0v) is 38.4. The van der Waals surface area contributed by atoms with Gasteiger partial charge in [0.25, 0.3) is 0 Å². The lowest BCUT2D eigenvalue weighted by atomic mass is 9.99. The van der Waals surface area contributed by atoms with Gasteiger partial charge in [0.15, 0.2) is 6.29 Å². The Kier molecular flexibility index (Phi) is 35.8. The number of unbranched alkanes of at least 4 members (excludes halogenated alkanes) is 30. The van der Waals surface area contributed by atoms with Crippen molar-refractivity contribution in [2.24, 2.45) is 0 Å². The predicted molar refractivity (Wildman–Crippen MR) is 236 cm³/mol. The second-order valence-corrected chi connectivity index (χ2v) is 18.5. The lowest BCUT2D eigenvalue weighted by molar-refractivity contribution is -0.298. The molecule has 7 atom stereocenters. The van der Waals surface area contributed by atoms with Crippen molar-refractivity contribution in [3.63, 3.8) is 0 Å². The van der Waals surface area contributed by atoms with E-state index in [4.69, 9.17) is 9.47 Å². The standard InChI is InChI=1S/C46H91NO11S/c1-3-5-7-9-11-13-15-17-19-20-21-22-24-26-28-30-32-34-36-42(50)47-39(38-56-46-44(52)45(58-59(53,54)55)43(51)41(37-48)57-46)40(49)35-33-31-29-27-25-23-18-16-14-12-10-8-6-4-2/h39-41,43-46,48-49,51-52H,3-38H2,1-2H3,(H,47,50)(H,53,54,55). The van der Waals surface area contributed by atoms with Gasteiger partial charge in [-0.2, -0.15) is 8.42 Å². The fourth-order valence-electron chi connectivity index (χ4n) is 8.11. The van der Waals surface area contributed by atoms with Crippen LogP contribution >= 0.6 is 0 Å². The maximum Gasteiger partial charge on any atom is 0.397 e. The highest BCUT2D eigenvalue weighted by atomic mass is 32.3. The van der Waals surface area contributed by atoms with Gasteiger partial charge in [-0.25, -0.2) is 4.18 Å². The number of hydrogen-bond donors (Lipinski definition) is 6. The van der Waals surface area contributed by atoms with Crippen LogP contribution in [-0.4, -0.2) is 95.4 Å². The average molecular weight is 866 g/mol. The minimum absolute atomic E-state index is 0.226. The van der Waals surface area contributed by atoms with E-state index in [9.17, 15) is 38.2 Å². The second kappa shape index (κ2) is 37.6. The van der Waals surface area contributed by atoms with Crippen LogP contribution in [0.4, 0.5) is 0 Å². The molecule has 1 saturated heterocycles. The quantitative estimate of drug-likeness (QED) is 0.0253. The van der Waals surface area contributed by atoms with Crippen LogP contribution in [0.2, 0.25) is 0 Å². The molecule has 1 rings (SSSR count). The van der Waals surface area contributed by atoms with E-state index in [1.165, 1.54) is 154 Å². The fraction of sp³-hybridized carbons (Fsp3) is 0.978. The maximum atomic E-state index is 13.1. The molecule has 7 unspecified atom stereocenters. The Morgan fingerprint density at radius 2 is 0.983 bits per heavy atom. The van der Waals surface area contributed by atoms with Gasteiger partial charge >= 0.3 is 10.4 Å². The third-order valence-electron chi connectivity index (χ3n) is 11.9. The first-order chi connectivity index (χ1) is 28.5. The van der Waals surface area contributed by atoms with Crippen LogP contribution in [0.15, 0.2) is 0 Å². The topological polar surface area (TPSA) is 192 Å². The minimum atomic E-state index is -5.07. The van der Waals surface area contributed by atoms with Crippen LogP contribution in [0, 0.1) is 0 Å². The molecule has 0 aromatic heterocycles. The van der Waals surface area contributed by atoms with Crippen LogP contribution in [0.3, 0.4) is 0 Å². The summed E-state index contributed by atoms with van der Waals surface area (Å²) in [5, 5.41) is 44.9. The van der Waals surface area contributed by atoms with Gasteiger partial charge < -0.3 is 35.2 Å². The first kappa shape index (κ1) is 56.1. The van der Waals surface area contributed by atoms with E-state index >= 15 is 0 Å². The smallest absolute Gasteiger partial charge is 0.394 e. The van der Waals surface area contributed by atoms with Crippen molar-refractivity contribution >= 4 is 16.3 Å². The van der Waals surface area contributed by atoms with Crippen LogP contribution < -0.4 is 5.32 Å².